The van der Waals surface area contributed by atoms with Crippen LogP contribution in [0.15, 0.2) is 156 Å². The van der Waals surface area contributed by atoms with E-state index in [0.717, 1.165) is 55.9 Å². The molecule has 0 spiro atoms. The second-order valence-corrected chi connectivity index (χ2v) is 12.1. The monoisotopic (exact) mass is 857 g/mol. The topological polar surface area (TPSA) is 56.7 Å². The fourth-order valence-corrected chi connectivity index (χ4v) is 6.07. The summed E-state index contributed by atoms with van der Waals surface area (Å²) in [4.78, 5) is 13.5. The number of nitrogens with zero attached hydrogens (tertiary/aromatic N) is 4. The summed E-state index contributed by atoms with van der Waals surface area (Å²) in [5.74, 6) is 0.801. The Hall–Kier alpha value is -5.94. The number of benzene rings is 5. The van der Waals surface area contributed by atoms with Gasteiger partial charge in [-0.1, -0.05) is 103 Å². The van der Waals surface area contributed by atoms with Crippen LogP contribution in [0.4, 0.5) is 0 Å². The number of furan rings is 1. The Labute approximate surface area is 325 Å². The van der Waals surface area contributed by atoms with Crippen molar-refractivity contribution >= 4 is 22.0 Å². The Bertz CT molecular complexity index is 2760. The van der Waals surface area contributed by atoms with Crippen LogP contribution in [0.2, 0.25) is 0 Å². The minimum atomic E-state index is -2.18. The molecule has 0 unspecified atom stereocenters. The molecule has 0 aliphatic rings. The van der Waals surface area contributed by atoms with Crippen molar-refractivity contribution in [3.05, 3.63) is 181 Å². The molecular formula is C46H34IrN4O-2. The molecule has 9 aromatic rings. The van der Waals surface area contributed by atoms with Gasteiger partial charge in [0.25, 0.3) is 0 Å². The van der Waals surface area contributed by atoms with Gasteiger partial charge in [0.2, 0.25) is 0 Å². The van der Waals surface area contributed by atoms with Gasteiger partial charge in [-0.3, -0.25) is 9.97 Å². The molecular weight excluding hydrogens is 817 g/mol. The van der Waals surface area contributed by atoms with Gasteiger partial charge in [-0.15, -0.1) is 35.4 Å². The Morgan fingerprint density at radius 2 is 1.44 bits per heavy atom. The second-order valence-electron chi connectivity index (χ2n) is 12.1. The maximum Gasteiger partial charge on any atom is 0.0774 e. The molecule has 0 amide bonds. The molecule has 5 nitrogen and oxygen atoms in total. The molecule has 0 saturated carbocycles. The first-order valence-corrected chi connectivity index (χ1v) is 16.4. The number of hydrogen-bond acceptors (Lipinski definition) is 4. The average molecular weight is 857 g/mol. The molecule has 0 fully saturated rings. The average Bonchev–Trinajstić information content (AvgIpc) is 3.82. The third-order valence-corrected chi connectivity index (χ3v) is 8.61. The summed E-state index contributed by atoms with van der Waals surface area (Å²) in [6.07, 6.45) is 6.30. The van der Waals surface area contributed by atoms with Crippen LogP contribution in [0, 0.1) is 33.0 Å². The van der Waals surface area contributed by atoms with Crippen LogP contribution in [0.5, 0.6) is 0 Å². The molecule has 6 heteroatoms. The maximum absolute atomic E-state index is 7.28. The van der Waals surface area contributed by atoms with E-state index >= 15 is 0 Å². The number of pyridine rings is 2. The number of rotatable bonds is 5. The van der Waals surface area contributed by atoms with Gasteiger partial charge < -0.3 is 14.0 Å². The van der Waals surface area contributed by atoms with Crippen LogP contribution < -0.4 is 0 Å². The minimum Gasteiger partial charge on any atom is -0.557 e. The number of hydrogen-bond donors (Lipinski definition) is 0. The zero-order valence-electron chi connectivity index (χ0n) is 34.0. The zero-order valence-corrected chi connectivity index (χ0v) is 30.4. The minimum absolute atomic E-state index is 0. The summed E-state index contributed by atoms with van der Waals surface area (Å²) in [5, 5.41) is 0.976. The van der Waals surface area contributed by atoms with Crippen LogP contribution in [0.3, 0.4) is 0 Å². The van der Waals surface area contributed by atoms with Crippen LogP contribution in [0.1, 0.15) is 25.0 Å². The third-order valence-electron chi connectivity index (χ3n) is 8.61. The molecule has 52 heavy (non-hydrogen) atoms. The van der Waals surface area contributed by atoms with Crippen molar-refractivity contribution in [2.45, 2.75) is 20.6 Å². The number of para-hydroxylation sites is 2. The van der Waals surface area contributed by atoms with Gasteiger partial charge in [0.05, 0.1) is 16.9 Å². The van der Waals surface area contributed by atoms with Crippen LogP contribution >= 0.6 is 0 Å². The standard InChI is InChI=1S/C33H22N3O.C13H12N.Ir/c1-22-19-26(17-18-34-22)25-13-16-32-28(20-25)29(21-37-32)33-35-30-9-5-6-10-31(30)36(33)27-14-11-24(12-15-27)23-7-3-2-4-8-23;1-10-3-6-12(7-4-10)13-8-5-11(2)9-14-13;/h2-20H,1H3;3-6,8-9H,1-2H3;/q2*-1;/i;1D3,2D3;. The van der Waals surface area contributed by atoms with Crippen LogP contribution in [-0.2, 0) is 20.1 Å². The van der Waals surface area contributed by atoms with Gasteiger partial charge in [-0.25, -0.2) is 0 Å². The smallest absolute Gasteiger partial charge is 0.0774 e. The third kappa shape index (κ3) is 7.13. The Kier molecular flexibility index (Phi) is 8.07. The van der Waals surface area contributed by atoms with E-state index in [1.807, 2.05) is 49.5 Å². The van der Waals surface area contributed by atoms with Crippen molar-refractivity contribution in [1.29, 1.82) is 0 Å². The number of fused-ring (bicyclic) bond motifs is 2. The Morgan fingerprint density at radius 1 is 0.692 bits per heavy atom. The van der Waals surface area contributed by atoms with E-state index in [0.29, 0.717) is 11.3 Å². The van der Waals surface area contributed by atoms with Crippen molar-refractivity contribution in [3.8, 4) is 50.6 Å². The van der Waals surface area contributed by atoms with E-state index in [2.05, 4.69) is 99.7 Å². The van der Waals surface area contributed by atoms with Crippen molar-refractivity contribution in [2.75, 3.05) is 0 Å². The number of aromatic nitrogens is 4. The first-order valence-electron chi connectivity index (χ1n) is 19.4. The maximum atomic E-state index is 7.28. The first-order chi connectivity index (χ1) is 27.4. The quantitative estimate of drug-likeness (QED) is 0.162. The zero-order chi connectivity index (χ0) is 39.7. The predicted molar refractivity (Wildman–Crippen MR) is 207 cm³/mol. The van der Waals surface area contributed by atoms with E-state index in [1.165, 1.54) is 35.5 Å². The second kappa shape index (κ2) is 15.1. The normalized spacial score (nSPS) is 13.0. The number of imidazole rings is 1. The molecule has 0 saturated heterocycles. The van der Waals surface area contributed by atoms with Gasteiger partial charge in [-0.2, -0.15) is 0 Å². The molecule has 0 aliphatic heterocycles. The molecule has 5 aromatic carbocycles. The molecule has 0 bridgehead atoms. The van der Waals surface area contributed by atoms with Gasteiger partial charge in [-0.05, 0) is 83.7 Å². The molecule has 9 rings (SSSR count). The molecule has 4 heterocycles. The van der Waals surface area contributed by atoms with Gasteiger partial charge in [0.1, 0.15) is 0 Å². The largest absolute Gasteiger partial charge is 0.557 e. The van der Waals surface area contributed by atoms with E-state index in [-0.39, 0.29) is 31.2 Å². The van der Waals surface area contributed by atoms with Crippen molar-refractivity contribution < 1.29 is 32.7 Å². The van der Waals surface area contributed by atoms with E-state index in [1.54, 1.807) is 12.1 Å². The van der Waals surface area contributed by atoms with E-state index in [9.17, 15) is 0 Å². The Balaban J connectivity index is 0.000000208. The summed E-state index contributed by atoms with van der Waals surface area (Å²) in [6.45, 7) is -2.33. The Morgan fingerprint density at radius 3 is 2.19 bits per heavy atom. The SMILES string of the molecule is Cc1cc(-c2ccc3o[c-]c(-c4nc5ccccc5n4-c4ccc(-c5ccccc5)cc4)c3c2)ccn1.[2H]C([2H])([2H])c1c[c-]c(-c2ccc(C([2H])([2H])[2H])cn2)cc1.[Ir]. The summed E-state index contributed by atoms with van der Waals surface area (Å²) in [7, 11) is 0. The van der Waals surface area contributed by atoms with E-state index < -0.39 is 13.7 Å². The molecule has 0 atom stereocenters. The molecule has 0 N–H and O–H groups in total. The summed E-state index contributed by atoms with van der Waals surface area (Å²) in [5.41, 5.74) is 11.7. The van der Waals surface area contributed by atoms with Gasteiger partial charge in [0.15, 0.2) is 0 Å². The fraction of sp³-hybridized carbons (Fsp3) is 0.0652. The predicted octanol–water partition coefficient (Wildman–Crippen LogP) is 11.4. The van der Waals surface area contributed by atoms with Gasteiger partial charge >= 0.3 is 0 Å². The van der Waals surface area contributed by atoms with Crippen LogP contribution in [0.25, 0.3) is 72.6 Å². The molecule has 255 valence electrons. The number of aryl methyl sites for hydroxylation is 3. The van der Waals surface area contributed by atoms with Crippen LogP contribution in [-0.4, -0.2) is 19.5 Å². The summed E-state index contributed by atoms with van der Waals surface area (Å²) in [6, 6.07) is 48.0. The van der Waals surface area contributed by atoms with Crippen molar-refractivity contribution in [3.63, 3.8) is 0 Å². The van der Waals surface area contributed by atoms with Gasteiger partial charge in [0, 0.05) is 64.0 Å². The summed E-state index contributed by atoms with van der Waals surface area (Å²) >= 11 is 0. The summed E-state index contributed by atoms with van der Waals surface area (Å²) < 4.78 is 51.7. The first kappa shape index (κ1) is 27.7. The van der Waals surface area contributed by atoms with E-state index in [4.69, 9.17) is 17.6 Å². The molecule has 0 aliphatic carbocycles. The van der Waals surface area contributed by atoms with Crippen molar-refractivity contribution in [1.82, 2.24) is 19.5 Å². The molecule has 1 radical (unpaired) electrons. The fourth-order valence-electron chi connectivity index (χ4n) is 6.07. The van der Waals surface area contributed by atoms with Crippen molar-refractivity contribution in [2.24, 2.45) is 0 Å². The molecule has 4 aromatic heterocycles.